The van der Waals surface area contributed by atoms with Crippen molar-refractivity contribution in [2.75, 3.05) is 26.2 Å². The number of hydrogen-bond acceptors (Lipinski definition) is 4. The van der Waals surface area contributed by atoms with E-state index >= 15 is 0 Å². The molecule has 2 amide bonds. The molecule has 2 aromatic carbocycles. The minimum atomic E-state index is -0.556. The third-order valence-electron chi connectivity index (χ3n) is 4.62. The van der Waals surface area contributed by atoms with Gasteiger partial charge in [0.2, 0.25) is 0 Å². The number of primary amides is 1. The molecule has 1 heterocycles. The summed E-state index contributed by atoms with van der Waals surface area (Å²) >= 11 is 0. The molecular formula is C21H25N3O3. The van der Waals surface area contributed by atoms with Gasteiger partial charge in [-0.15, -0.1) is 0 Å². The van der Waals surface area contributed by atoms with Crippen molar-refractivity contribution in [3.63, 3.8) is 0 Å². The fourth-order valence-corrected chi connectivity index (χ4v) is 3.27. The maximum atomic E-state index is 12.8. The monoisotopic (exact) mass is 367 g/mol. The Hall–Kier alpha value is -2.86. The molecule has 0 aromatic heterocycles. The van der Waals surface area contributed by atoms with Crippen molar-refractivity contribution in [1.82, 2.24) is 10.2 Å². The number of likely N-dealkylation sites (tertiary alicyclic amines) is 1. The average Bonchev–Trinajstić information content (AvgIpc) is 3.20. The van der Waals surface area contributed by atoms with E-state index in [9.17, 15) is 9.59 Å². The van der Waals surface area contributed by atoms with Gasteiger partial charge in [-0.2, -0.15) is 0 Å². The Kier molecular flexibility index (Phi) is 6.44. The molecule has 0 saturated carbocycles. The van der Waals surface area contributed by atoms with Crippen LogP contribution in [0.1, 0.15) is 34.8 Å². The van der Waals surface area contributed by atoms with E-state index in [1.807, 2.05) is 30.3 Å². The van der Waals surface area contributed by atoms with Crippen LogP contribution in [0.5, 0.6) is 5.75 Å². The van der Waals surface area contributed by atoms with Crippen LogP contribution in [0.2, 0.25) is 0 Å². The number of nitrogens with two attached hydrogens (primary N) is 1. The quantitative estimate of drug-likeness (QED) is 0.748. The van der Waals surface area contributed by atoms with Gasteiger partial charge in [0.15, 0.2) is 6.61 Å². The van der Waals surface area contributed by atoms with Crippen molar-refractivity contribution in [2.24, 2.45) is 5.73 Å². The predicted molar refractivity (Wildman–Crippen MR) is 103 cm³/mol. The molecule has 0 bridgehead atoms. The van der Waals surface area contributed by atoms with Gasteiger partial charge in [0.25, 0.3) is 11.8 Å². The molecule has 27 heavy (non-hydrogen) atoms. The first-order chi connectivity index (χ1) is 13.1. The summed E-state index contributed by atoms with van der Waals surface area (Å²) in [6, 6.07) is 16.7. The number of benzene rings is 2. The smallest absolute Gasteiger partial charge is 0.255 e. The second-order valence-electron chi connectivity index (χ2n) is 6.73. The fourth-order valence-electron chi connectivity index (χ4n) is 3.27. The zero-order valence-corrected chi connectivity index (χ0v) is 15.3. The first-order valence-corrected chi connectivity index (χ1v) is 9.21. The topological polar surface area (TPSA) is 84.7 Å². The number of nitrogens with one attached hydrogen (secondary N) is 1. The molecule has 3 N–H and O–H groups in total. The summed E-state index contributed by atoms with van der Waals surface area (Å²) in [4.78, 5) is 26.1. The standard InChI is InChI=1S/C21H25N3O3/c22-20(25)15-27-18-10-6-9-17(13-18)21(26)23-19(14-24-11-4-5-12-24)16-7-2-1-3-8-16/h1-3,6-10,13,19H,4-5,11-12,14-15H2,(H2,22,25)(H,23,26). The number of rotatable bonds is 8. The Morgan fingerprint density at radius 3 is 2.52 bits per heavy atom. The van der Waals surface area contributed by atoms with Crippen LogP contribution in [0.15, 0.2) is 54.6 Å². The first kappa shape index (κ1) is 18.9. The molecular weight excluding hydrogens is 342 g/mol. The van der Waals surface area contributed by atoms with Crippen molar-refractivity contribution >= 4 is 11.8 Å². The Labute approximate surface area is 159 Å². The van der Waals surface area contributed by atoms with E-state index in [-0.39, 0.29) is 18.6 Å². The largest absolute Gasteiger partial charge is 0.484 e. The van der Waals surface area contributed by atoms with Crippen LogP contribution in [0.25, 0.3) is 0 Å². The molecule has 1 aliphatic rings. The van der Waals surface area contributed by atoms with Gasteiger partial charge in [-0.1, -0.05) is 36.4 Å². The maximum Gasteiger partial charge on any atom is 0.255 e. The lowest BCUT2D eigenvalue weighted by Gasteiger charge is -2.25. The van der Waals surface area contributed by atoms with E-state index in [0.29, 0.717) is 11.3 Å². The normalized spacial score (nSPS) is 15.3. The highest BCUT2D eigenvalue weighted by Gasteiger charge is 2.21. The molecule has 1 saturated heterocycles. The second kappa shape index (κ2) is 9.19. The van der Waals surface area contributed by atoms with Gasteiger partial charge >= 0.3 is 0 Å². The molecule has 1 aliphatic heterocycles. The summed E-state index contributed by atoms with van der Waals surface area (Å²) < 4.78 is 5.29. The molecule has 0 spiro atoms. The lowest BCUT2D eigenvalue weighted by molar-refractivity contribution is -0.119. The first-order valence-electron chi connectivity index (χ1n) is 9.21. The van der Waals surface area contributed by atoms with Gasteiger partial charge in [-0.25, -0.2) is 0 Å². The Bertz CT molecular complexity index is 773. The van der Waals surface area contributed by atoms with Crippen molar-refractivity contribution in [2.45, 2.75) is 18.9 Å². The third-order valence-corrected chi connectivity index (χ3v) is 4.62. The fraction of sp³-hybridized carbons (Fsp3) is 0.333. The number of nitrogens with zero attached hydrogens (tertiary/aromatic N) is 1. The zero-order chi connectivity index (χ0) is 19.1. The number of hydrogen-bond donors (Lipinski definition) is 2. The molecule has 1 unspecified atom stereocenters. The van der Waals surface area contributed by atoms with Crippen LogP contribution in [0, 0.1) is 0 Å². The van der Waals surface area contributed by atoms with E-state index in [1.54, 1.807) is 24.3 Å². The van der Waals surface area contributed by atoms with Gasteiger partial charge in [-0.3, -0.25) is 9.59 Å². The zero-order valence-electron chi connectivity index (χ0n) is 15.3. The van der Waals surface area contributed by atoms with Crippen LogP contribution >= 0.6 is 0 Å². The number of carbonyl (C=O) groups excluding carboxylic acids is 2. The molecule has 1 fully saturated rings. The highest BCUT2D eigenvalue weighted by Crippen LogP contribution is 2.19. The van der Waals surface area contributed by atoms with Gasteiger partial charge < -0.3 is 20.7 Å². The molecule has 2 aromatic rings. The average molecular weight is 367 g/mol. The van der Waals surface area contributed by atoms with E-state index in [2.05, 4.69) is 10.2 Å². The highest BCUT2D eigenvalue weighted by molar-refractivity contribution is 5.94. The lowest BCUT2D eigenvalue weighted by Crippen LogP contribution is -2.37. The van der Waals surface area contributed by atoms with Crippen molar-refractivity contribution < 1.29 is 14.3 Å². The molecule has 6 nitrogen and oxygen atoms in total. The van der Waals surface area contributed by atoms with Crippen LogP contribution < -0.4 is 15.8 Å². The molecule has 6 heteroatoms. The number of carbonyl (C=O) groups is 2. The van der Waals surface area contributed by atoms with Gasteiger partial charge in [0.05, 0.1) is 6.04 Å². The van der Waals surface area contributed by atoms with Crippen molar-refractivity contribution in [3.8, 4) is 5.75 Å². The van der Waals surface area contributed by atoms with Gasteiger partial charge in [-0.05, 0) is 49.7 Å². The van der Waals surface area contributed by atoms with Crippen molar-refractivity contribution in [3.05, 3.63) is 65.7 Å². The molecule has 1 atom stereocenters. The summed E-state index contributed by atoms with van der Waals surface area (Å²) in [5, 5.41) is 3.14. The second-order valence-corrected chi connectivity index (χ2v) is 6.73. The maximum absolute atomic E-state index is 12.8. The molecule has 0 radical (unpaired) electrons. The number of ether oxygens (including phenoxy) is 1. The van der Waals surface area contributed by atoms with Gasteiger partial charge in [0, 0.05) is 12.1 Å². The van der Waals surface area contributed by atoms with Crippen LogP contribution in [-0.4, -0.2) is 43.0 Å². The Balaban J connectivity index is 1.71. The summed E-state index contributed by atoms with van der Waals surface area (Å²) in [6.07, 6.45) is 2.41. The van der Waals surface area contributed by atoms with Crippen molar-refractivity contribution in [1.29, 1.82) is 0 Å². The van der Waals surface area contributed by atoms with Crippen LogP contribution in [-0.2, 0) is 4.79 Å². The lowest BCUT2D eigenvalue weighted by atomic mass is 10.1. The van der Waals surface area contributed by atoms with Crippen LogP contribution in [0.4, 0.5) is 0 Å². The number of amides is 2. The van der Waals surface area contributed by atoms with E-state index in [1.165, 1.54) is 12.8 Å². The highest BCUT2D eigenvalue weighted by atomic mass is 16.5. The Morgan fingerprint density at radius 1 is 1.07 bits per heavy atom. The van der Waals surface area contributed by atoms with E-state index < -0.39 is 5.91 Å². The Morgan fingerprint density at radius 2 is 1.81 bits per heavy atom. The predicted octanol–water partition coefficient (Wildman–Crippen LogP) is 2.12. The summed E-state index contributed by atoms with van der Waals surface area (Å²) in [5.74, 6) is -0.288. The van der Waals surface area contributed by atoms with Crippen LogP contribution in [0.3, 0.4) is 0 Å². The molecule has 3 rings (SSSR count). The SMILES string of the molecule is NC(=O)COc1cccc(C(=O)NC(CN2CCCC2)c2ccccc2)c1. The third kappa shape index (κ3) is 5.56. The summed E-state index contributed by atoms with van der Waals surface area (Å²) in [5.41, 5.74) is 6.67. The molecule has 142 valence electrons. The minimum Gasteiger partial charge on any atom is -0.484 e. The summed E-state index contributed by atoms with van der Waals surface area (Å²) in [6.45, 7) is 2.70. The minimum absolute atomic E-state index is 0.0907. The summed E-state index contributed by atoms with van der Waals surface area (Å²) in [7, 11) is 0. The van der Waals surface area contributed by atoms with E-state index in [0.717, 1.165) is 25.2 Å². The van der Waals surface area contributed by atoms with Gasteiger partial charge in [0.1, 0.15) is 5.75 Å². The molecule has 0 aliphatic carbocycles. The van der Waals surface area contributed by atoms with E-state index in [4.69, 9.17) is 10.5 Å².